The van der Waals surface area contributed by atoms with Gasteiger partial charge in [-0.15, -0.1) is 0 Å². The molecule has 0 amide bonds. The first-order chi connectivity index (χ1) is 8.51. The quantitative estimate of drug-likeness (QED) is 0.559. The first-order valence-corrected chi connectivity index (χ1v) is 6.97. The third kappa shape index (κ3) is 2.21. The van der Waals surface area contributed by atoms with Crippen molar-refractivity contribution < 1.29 is 51.1 Å². The Kier molecular flexibility index (Phi) is 3.30. The third-order valence-corrected chi connectivity index (χ3v) is 4.00. The van der Waals surface area contributed by atoms with Crippen molar-refractivity contribution in [3.8, 4) is 0 Å². The molecule has 2 saturated heterocycles. The number of halogens is 4. The van der Waals surface area contributed by atoms with E-state index in [1.165, 1.54) is 0 Å². The molecular formula is C5H4F4O8S2. The van der Waals surface area contributed by atoms with E-state index in [4.69, 9.17) is 0 Å². The lowest BCUT2D eigenvalue weighted by molar-refractivity contribution is -0.318. The van der Waals surface area contributed by atoms with Crippen LogP contribution >= 0.6 is 0 Å². The van der Waals surface area contributed by atoms with Gasteiger partial charge >= 0.3 is 20.8 Å². The van der Waals surface area contributed by atoms with Crippen LogP contribution in [0.5, 0.6) is 0 Å². The summed E-state index contributed by atoms with van der Waals surface area (Å²) in [6, 6.07) is 0. The minimum absolute atomic E-state index is 3.45. The number of rotatable bonds is 0. The van der Waals surface area contributed by atoms with Gasteiger partial charge in [0.1, 0.15) is 0 Å². The summed E-state index contributed by atoms with van der Waals surface area (Å²) >= 11 is 0. The maximum absolute atomic E-state index is 13.5. The predicted molar refractivity (Wildman–Crippen MR) is 44.2 cm³/mol. The molecule has 4 atom stereocenters. The molecule has 2 fully saturated rings. The van der Waals surface area contributed by atoms with Gasteiger partial charge in [0.05, 0.1) is 0 Å². The summed E-state index contributed by atoms with van der Waals surface area (Å²) < 4.78 is 110. The van der Waals surface area contributed by atoms with Gasteiger partial charge in [-0.25, -0.2) is 34.3 Å². The summed E-state index contributed by atoms with van der Waals surface area (Å²) in [6.07, 6.45) is -13.9. The lowest BCUT2D eigenvalue weighted by atomic mass is 9.87. The molecule has 2 aliphatic heterocycles. The molecule has 1 spiro atoms. The number of hydrogen-bond acceptors (Lipinski definition) is 8. The van der Waals surface area contributed by atoms with Gasteiger partial charge in [-0.05, 0) is 0 Å². The lowest BCUT2D eigenvalue weighted by Crippen LogP contribution is -2.64. The van der Waals surface area contributed by atoms with Crippen LogP contribution in [0.2, 0.25) is 0 Å². The fraction of sp³-hybridized carbons (Fsp3) is 1.00. The van der Waals surface area contributed by atoms with Crippen molar-refractivity contribution >= 4 is 20.8 Å². The topological polar surface area (TPSA) is 105 Å². The Morgan fingerprint density at radius 1 is 0.632 bits per heavy atom. The monoisotopic (exact) mass is 332 g/mol. The fourth-order valence-electron chi connectivity index (χ4n) is 1.41. The largest absolute Gasteiger partial charge is 0.405 e. The van der Waals surface area contributed by atoms with Crippen molar-refractivity contribution in [1.82, 2.24) is 0 Å². The van der Waals surface area contributed by atoms with Crippen LogP contribution in [0.1, 0.15) is 0 Å². The van der Waals surface area contributed by atoms with Crippen LogP contribution < -0.4 is 0 Å². The Balaban J connectivity index is 2.47. The highest BCUT2D eigenvalue weighted by molar-refractivity contribution is 7.82. The maximum atomic E-state index is 13.5. The van der Waals surface area contributed by atoms with E-state index < -0.39 is 51.6 Å². The summed E-state index contributed by atoms with van der Waals surface area (Å²) in [4.78, 5) is 0. The Bertz CT molecular complexity index is 482. The molecule has 0 radical (unpaired) electrons. The summed E-state index contributed by atoms with van der Waals surface area (Å²) in [5.74, 6) is 0. The van der Waals surface area contributed by atoms with Crippen LogP contribution in [0.4, 0.5) is 17.6 Å². The Morgan fingerprint density at radius 3 is 1.05 bits per heavy atom. The third-order valence-electron chi connectivity index (χ3n) is 2.38. The van der Waals surface area contributed by atoms with E-state index >= 15 is 0 Å². The second-order valence-corrected chi connectivity index (χ2v) is 5.87. The van der Waals surface area contributed by atoms with Crippen molar-refractivity contribution in [3.05, 3.63) is 0 Å². The van der Waals surface area contributed by atoms with Gasteiger partial charge in [0.15, 0.2) is 5.41 Å². The molecule has 4 unspecified atom stereocenters. The van der Waals surface area contributed by atoms with Crippen LogP contribution in [0.15, 0.2) is 0 Å². The van der Waals surface area contributed by atoms with Crippen LogP contribution in [0.3, 0.4) is 0 Å². The maximum Gasteiger partial charge on any atom is 0.405 e. The summed E-state index contributed by atoms with van der Waals surface area (Å²) in [6.45, 7) is 0. The Labute approximate surface area is 103 Å². The number of hydrogen-bond donors (Lipinski definition) is 0. The van der Waals surface area contributed by atoms with Crippen LogP contribution in [0, 0.1) is 5.41 Å². The summed E-state index contributed by atoms with van der Waals surface area (Å²) in [5.41, 5.74) is -3.71. The minimum atomic E-state index is -5.18. The van der Waals surface area contributed by atoms with Gasteiger partial charge in [0, 0.05) is 0 Å². The average Bonchev–Trinajstić information content (AvgIpc) is 2.10. The van der Waals surface area contributed by atoms with E-state index in [1.54, 1.807) is 0 Å². The van der Waals surface area contributed by atoms with Crippen molar-refractivity contribution in [3.63, 3.8) is 0 Å². The summed E-state index contributed by atoms with van der Waals surface area (Å²) in [5, 5.41) is 0. The molecule has 0 aromatic rings. The van der Waals surface area contributed by atoms with Gasteiger partial charge in [-0.1, -0.05) is 0 Å². The van der Waals surface area contributed by atoms with Crippen LogP contribution in [-0.2, 0) is 37.5 Å². The predicted octanol–water partition coefficient (Wildman–Crippen LogP) is -0.262. The van der Waals surface area contributed by atoms with E-state index in [-0.39, 0.29) is 0 Å². The molecule has 19 heavy (non-hydrogen) atoms. The average molecular weight is 332 g/mol. The molecule has 0 N–H and O–H groups in total. The van der Waals surface area contributed by atoms with E-state index in [9.17, 15) is 34.4 Å². The van der Waals surface area contributed by atoms with Crippen LogP contribution in [-0.4, -0.2) is 42.3 Å². The number of alkyl halides is 4. The van der Waals surface area contributed by atoms with E-state index in [1.807, 2.05) is 0 Å². The van der Waals surface area contributed by atoms with Gasteiger partial charge in [-0.2, -0.15) is 16.8 Å². The van der Waals surface area contributed by atoms with Crippen LogP contribution in [0.25, 0.3) is 0 Å². The zero-order valence-electron chi connectivity index (χ0n) is 8.40. The molecule has 0 bridgehead atoms. The highest BCUT2D eigenvalue weighted by Gasteiger charge is 2.72. The molecule has 0 aliphatic carbocycles. The van der Waals surface area contributed by atoms with E-state index in [0.29, 0.717) is 0 Å². The molecule has 8 nitrogen and oxygen atoms in total. The first-order valence-electron chi connectivity index (χ1n) is 4.30. The normalized spacial score (nSPS) is 49.1. The van der Waals surface area contributed by atoms with Crippen molar-refractivity contribution in [2.45, 2.75) is 25.4 Å². The SMILES string of the molecule is O=S1(=O)OC(F)C2(C(F)O1)C(F)OS(=O)(=O)OC2F. The molecule has 0 aromatic carbocycles. The summed E-state index contributed by atoms with van der Waals surface area (Å²) in [7, 11) is -10.4. The molecule has 0 aromatic heterocycles. The van der Waals surface area contributed by atoms with Gasteiger partial charge < -0.3 is 0 Å². The molecule has 0 saturated carbocycles. The molecule has 2 rings (SSSR count). The zero-order valence-corrected chi connectivity index (χ0v) is 10.0. The van der Waals surface area contributed by atoms with Crippen molar-refractivity contribution in [1.29, 1.82) is 0 Å². The van der Waals surface area contributed by atoms with E-state index in [2.05, 4.69) is 16.7 Å². The first kappa shape index (κ1) is 14.9. The molecular weight excluding hydrogens is 328 g/mol. The Morgan fingerprint density at radius 2 is 0.842 bits per heavy atom. The lowest BCUT2D eigenvalue weighted by Gasteiger charge is -2.44. The standard InChI is InChI=1S/C5H4F4O8S2/c6-1-5(2(7)15-18(10,11)14-1)3(8)16-19(12,13)17-4(5)9/h1-4H. The highest BCUT2D eigenvalue weighted by Crippen LogP contribution is 2.50. The zero-order chi connectivity index (χ0) is 14.6. The second-order valence-electron chi connectivity index (χ2n) is 3.47. The molecule has 14 heteroatoms. The van der Waals surface area contributed by atoms with Crippen molar-refractivity contribution in [2.75, 3.05) is 0 Å². The van der Waals surface area contributed by atoms with Gasteiger partial charge in [-0.3, -0.25) is 0 Å². The highest BCUT2D eigenvalue weighted by atomic mass is 32.3. The molecule has 112 valence electrons. The van der Waals surface area contributed by atoms with Crippen molar-refractivity contribution in [2.24, 2.45) is 5.41 Å². The Hall–Kier alpha value is -0.540. The van der Waals surface area contributed by atoms with Gasteiger partial charge in [0.25, 0.3) is 0 Å². The van der Waals surface area contributed by atoms with E-state index in [0.717, 1.165) is 0 Å². The second kappa shape index (κ2) is 4.23. The minimum Gasteiger partial charge on any atom is -0.213 e. The fourth-order valence-corrected chi connectivity index (χ4v) is 3.00. The molecule has 2 aliphatic rings. The smallest absolute Gasteiger partial charge is 0.213 e. The van der Waals surface area contributed by atoms with Gasteiger partial charge in [0.2, 0.25) is 25.4 Å². The molecule has 2 heterocycles.